The van der Waals surface area contributed by atoms with E-state index in [-0.39, 0.29) is 12.0 Å². The van der Waals surface area contributed by atoms with Gasteiger partial charge in [0, 0.05) is 0 Å². The van der Waals surface area contributed by atoms with E-state index >= 15 is 0 Å². The van der Waals surface area contributed by atoms with Crippen molar-refractivity contribution in [3.8, 4) is 0 Å². The van der Waals surface area contributed by atoms with E-state index in [0.717, 1.165) is 5.32 Å². The summed E-state index contributed by atoms with van der Waals surface area (Å²) in [5.74, 6) is -0.203. The molecule has 0 radical (unpaired) electrons. The van der Waals surface area contributed by atoms with Crippen molar-refractivity contribution in [1.29, 1.82) is 0 Å². The minimum atomic E-state index is -0.203. The second-order valence-electron chi connectivity index (χ2n) is 1.63. The van der Waals surface area contributed by atoms with Gasteiger partial charge in [0.25, 0.3) is 0 Å². The summed E-state index contributed by atoms with van der Waals surface area (Å²) in [7, 11) is 1.39. The molecule has 0 saturated carbocycles. The van der Waals surface area contributed by atoms with Crippen molar-refractivity contribution in [2.75, 3.05) is 7.11 Å². The molecule has 0 aliphatic carbocycles. The number of hydrogen-bond acceptors (Lipinski definition) is 3. The Hall–Kier alpha value is -0.341. The molecule has 1 rings (SSSR count). The van der Waals surface area contributed by atoms with Gasteiger partial charge in [-0.2, -0.15) is 0 Å². The van der Waals surface area contributed by atoms with Crippen molar-refractivity contribution >= 4 is 26.0 Å². The number of carbonyl (C=O) groups excluding carboxylic acids is 1. The van der Waals surface area contributed by atoms with Crippen molar-refractivity contribution < 1.29 is 9.53 Å². The minimum absolute atomic E-state index is 0.185. The van der Waals surface area contributed by atoms with Gasteiger partial charge in [0.15, 0.2) is 0 Å². The van der Waals surface area contributed by atoms with Crippen LogP contribution in [0.5, 0.6) is 0 Å². The monoisotopic (exact) mass is 193 g/mol. The summed E-state index contributed by atoms with van der Waals surface area (Å²) in [6.45, 7) is 0. The van der Waals surface area contributed by atoms with Gasteiger partial charge in [0.2, 0.25) is 0 Å². The Bertz CT molecular complexity index is 146. The molecule has 4 heteroatoms. The van der Waals surface area contributed by atoms with E-state index in [1.807, 2.05) is 5.11 Å². The fourth-order valence-electron chi connectivity index (χ4n) is 0.559. The van der Waals surface area contributed by atoms with Gasteiger partial charge in [-0.1, -0.05) is 0 Å². The van der Waals surface area contributed by atoms with Gasteiger partial charge < -0.3 is 0 Å². The molecule has 9 heavy (non-hydrogen) atoms. The van der Waals surface area contributed by atoms with Crippen LogP contribution in [-0.4, -0.2) is 39.2 Å². The van der Waals surface area contributed by atoms with E-state index in [1.165, 1.54) is 7.11 Å². The summed E-state index contributed by atoms with van der Waals surface area (Å²) in [4.78, 5) is 14.6. The van der Waals surface area contributed by atoms with E-state index in [2.05, 4.69) is 9.73 Å². The molecule has 0 fully saturated rings. The summed E-state index contributed by atoms with van der Waals surface area (Å²) in [5.41, 5.74) is 0. The molecule has 50 valence electrons. The van der Waals surface area contributed by atoms with E-state index in [1.54, 1.807) is 0 Å². The number of rotatable bonds is 1. The number of nitrogens with zero attached hydrogens (tertiary/aromatic N) is 1. The first-order chi connectivity index (χ1) is 4.34. The van der Waals surface area contributed by atoms with Crippen LogP contribution in [0.15, 0.2) is 4.99 Å². The molecule has 0 bridgehead atoms. The number of hydrogen-bond donors (Lipinski definition) is 0. The van der Waals surface area contributed by atoms with Crippen LogP contribution in [0.1, 0.15) is 0 Å². The average molecular weight is 192 g/mol. The maximum atomic E-state index is 10.7. The SMILES string of the molecule is COC(=O)C1C[Se]C=N1. The third kappa shape index (κ3) is 1.53. The van der Waals surface area contributed by atoms with Crippen molar-refractivity contribution in [2.24, 2.45) is 4.99 Å². The Morgan fingerprint density at radius 2 is 2.78 bits per heavy atom. The van der Waals surface area contributed by atoms with Gasteiger partial charge in [-0.3, -0.25) is 0 Å². The molecular formula is C5H7NO2Se. The first-order valence-electron chi connectivity index (χ1n) is 2.55. The molecule has 0 aromatic heterocycles. The zero-order chi connectivity index (χ0) is 6.69. The number of aliphatic imine (C=N–C) groups is 1. The molecule has 3 nitrogen and oxygen atoms in total. The number of methoxy groups -OCH3 is 1. The van der Waals surface area contributed by atoms with Crippen LogP contribution < -0.4 is 0 Å². The molecule has 0 saturated heterocycles. The van der Waals surface area contributed by atoms with E-state index in [4.69, 9.17) is 0 Å². The van der Waals surface area contributed by atoms with Gasteiger partial charge in [0.05, 0.1) is 0 Å². The Kier molecular flexibility index (Phi) is 2.25. The third-order valence-corrected chi connectivity index (χ3v) is 2.68. The predicted octanol–water partition coefficient (Wildman–Crippen LogP) is -0.308. The Balaban J connectivity index is 2.43. The first-order valence-corrected chi connectivity index (χ1v) is 4.75. The molecule has 1 atom stereocenters. The molecule has 1 aliphatic heterocycles. The summed E-state index contributed by atoms with van der Waals surface area (Å²) in [5, 5.41) is 2.70. The third-order valence-electron chi connectivity index (χ3n) is 1.04. The fraction of sp³-hybridized carbons (Fsp3) is 0.600. The summed E-state index contributed by atoms with van der Waals surface area (Å²) < 4.78 is 4.49. The van der Waals surface area contributed by atoms with Gasteiger partial charge in [-0.05, 0) is 0 Å². The molecule has 0 amide bonds. The molecule has 0 aromatic rings. The van der Waals surface area contributed by atoms with Gasteiger partial charge >= 0.3 is 59.0 Å². The number of ether oxygens (including phenoxy) is 1. The predicted molar refractivity (Wildman–Crippen MR) is 34.9 cm³/mol. The number of carbonyl (C=O) groups is 1. The van der Waals surface area contributed by atoms with Crippen molar-refractivity contribution in [3.63, 3.8) is 0 Å². The number of esters is 1. The van der Waals surface area contributed by atoms with Crippen LogP contribution in [0.4, 0.5) is 0 Å². The normalized spacial score (nSPS) is 24.3. The van der Waals surface area contributed by atoms with Gasteiger partial charge in [0.1, 0.15) is 0 Å². The molecule has 0 aromatic carbocycles. The standard InChI is InChI=1S/C5H7NO2Se/c1-8-5(7)4-2-9-3-6-4/h3-4H,2H2,1H3. The van der Waals surface area contributed by atoms with Crippen LogP contribution in [0.2, 0.25) is 5.32 Å². The van der Waals surface area contributed by atoms with Crippen molar-refractivity contribution in [1.82, 2.24) is 0 Å². The average Bonchev–Trinajstić information content (AvgIpc) is 2.37. The van der Waals surface area contributed by atoms with Crippen LogP contribution in [0.3, 0.4) is 0 Å². The Labute approximate surface area is 59.6 Å². The Morgan fingerprint density at radius 3 is 3.22 bits per heavy atom. The van der Waals surface area contributed by atoms with E-state index in [0.29, 0.717) is 15.0 Å². The van der Waals surface area contributed by atoms with Crippen molar-refractivity contribution in [2.45, 2.75) is 11.4 Å². The van der Waals surface area contributed by atoms with E-state index in [9.17, 15) is 4.79 Å². The molecular weight excluding hydrogens is 185 g/mol. The summed E-state index contributed by atoms with van der Waals surface area (Å²) in [6.07, 6.45) is 0. The molecule has 1 aliphatic rings. The van der Waals surface area contributed by atoms with E-state index < -0.39 is 0 Å². The zero-order valence-corrected chi connectivity index (χ0v) is 6.75. The van der Waals surface area contributed by atoms with Crippen LogP contribution in [0, 0.1) is 0 Å². The fourth-order valence-corrected chi connectivity index (χ4v) is 2.08. The molecule has 0 N–H and O–H groups in total. The van der Waals surface area contributed by atoms with Crippen LogP contribution in [-0.2, 0) is 9.53 Å². The second kappa shape index (κ2) is 2.99. The quantitative estimate of drug-likeness (QED) is 0.422. The second-order valence-corrected chi connectivity index (χ2v) is 3.47. The van der Waals surface area contributed by atoms with Gasteiger partial charge in [-0.25, -0.2) is 0 Å². The molecule has 1 heterocycles. The van der Waals surface area contributed by atoms with Crippen molar-refractivity contribution in [3.05, 3.63) is 0 Å². The Morgan fingerprint density at radius 1 is 2.00 bits per heavy atom. The summed E-state index contributed by atoms with van der Waals surface area (Å²) in [6, 6.07) is -0.185. The molecule has 1 unspecified atom stereocenters. The van der Waals surface area contributed by atoms with Crippen LogP contribution in [0.25, 0.3) is 0 Å². The topological polar surface area (TPSA) is 38.7 Å². The van der Waals surface area contributed by atoms with Crippen LogP contribution >= 0.6 is 0 Å². The zero-order valence-electron chi connectivity index (χ0n) is 5.03. The summed E-state index contributed by atoms with van der Waals surface area (Å²) >= 11 is 0.429. The first kappa shape index (κ1) is 6.77. The van der Waals surface area contributed by atoms with Gasteiger partial charge in [-0.15, -0.1) is 0 Å². The maximum absolute atomic E-state index is 10.7. The molecule has 0 spiro atoms.